The number of hydrogen-bond donors (Lipinski definition) is 2. The van der Waals surface area contributed by atoms with Gasteiger partial charge in [-0.3, -0.25) is 9.98 Å². The van der Waals surface area contributed by atoms with Gasteiger partial charge in [0, 0.05) is 31.5 Å². The van der Waals surface area contributed by atoms with E-state index in [-0.39, 0.29) is 6.04 Å². The van der Waals surface area contributed by atoms with Crippen molar-refractivity contribution in [3.8, 4) is 5.75 Å². The van der Waals surface area contributed by atoms with Crippen LogP contribution >= 0.6 is 0 Å². The molecule has 128 valence electrons. The first-order chi connectivity index (χ1) is 11.7. The van der Waals surface area contributed by atoms with Gasteiger partial charge in [0.25, 0.3) is 0 Å². The van der Waals surface area contributed by atoms with Crippen molar-refractivity contribution >= 4 is 5.96 Å². The molecule has 0 radical (unpaired) electrons. The molecule has 2 N–H and O–H groups in total. The van der Waals surface area contributed by atoms with Crippen LogP contribution in [-0.4, -0.2) is 31.6 Å². The highest BCUT2D eigenvalue weighted by atomic mass is 16.5. The largest absolute Gasteiger partial charge is 0.496 e. The van der Waals surface area contributed by atoms with Crippen LogP contribution in [0.4, 0.5) is 0 Å². The van der Waals surface area contributed by atoms with Gasteiger partial charge in [0.15, 0.2) is 5.96 Å². The third-order valence-corrected chi connectivity index (χ3v) is 4.01. The Morgan fingerprint density at radius 1 is 1.29 bits per heavy atom. The van der Waals surface area contributed by atoms with Gasteiger partial charge >= 0.3 is 0 Å². The molecule has 2 rings (SSSR count). The molecule has 5 heteroatoms. The predicted octanol–water partition coefficient (Wildman–Crippen LogP) is 2.87. The summed E-state index contributed by atoms with van der Waals surface area (Å²) in [6.45, 7) is 4.99. The van der Waals surface area contributed by atoms with E-state index in [1.54, 1.807) is 14.2 Å². The fourth-order valence-corrected chi connectivity index (χ4v) is 2.60. The summed E-state index contributed by atoms with van der Waals surface area (Å²) in [5.74, 6) is 1.65. The van der Waals surface area contributed by atoms with Gasteiger partial charge in [-0.1, -0.05) is 18.2 Å². The lowest BCUT2D eigenvalue weighted by atomic mass is 10.1. The van der Waals surface area contributed by atoms with Crippen molar-refractivity contribution < 1.29 is 4.74 Å². The van der Waals surface area contributed by atoms with Gasteiger partial charge in [-0.25, -0.2) is 0 Å². The molecule has 1 atom stereocenters. The lowest BCUT2D eigenvalue weighted by Crippen LogP contribution is -2.39. The van der Waals surface area contributed by atoms with Gasteiger partial charge in [0.05, 0.1) is 13.2 Å². The summed E-state index contributed by atoms with van der Waals surface area (Å²) < 4.78 is 5.43. The van der Waals surface area contributed by atoms with Gasteiger partial charge in [-0.15, -0.1) is 0 Å². The predicted molar refractivity (Wildman–Crippen MR) is 98.6 cm³/mol. The van der Waals surface area contributed by atoms with Gasteiger partial charge in [0.2, 0.25) is 0 Å². The van der Waals surface area contributed by atoms with Crippen molar-refractivity contribution in [1.82, 2.24) is 15.6 Å². The van der Waals surface area contributed by atoms with E-state index < -0.39 is 0 Å². The van der Waals surface area contributed by atoms with E-state index in [4.69, 9.17) is 4.74 Å². The van der Waals surface area contributed by atoms with Crippen LogP contribution < -0.4 is 15.4 Å². The van der Waals surface area contributed by atoms with Gasteiger partial charge in [0.1, 0.15) is 5.75 Å². The Balaban J connectivity index is 1.91. The molecular weight excluding hydrogens is 300 g/mol. The summed E-state index contributed by atoms with van der Waals surface area (Å²) >= 11 is 0. The monoisotopic (exact) mass is 326 g/mol. The number of hydrogen-bond acceptors (Lipinski definition) is 3. The average Bonchev–Trinajstić information content (AvgIpc) is 2.62. The zero-order valence-corrected chi connectivity index (χ0v) is 14.8. The van der Waals surface area contributed by atoms with E-state index >= 15 is 0 Å². The smallest absolute Gasteiger partial charge is 0.191 e. The topological polar surface area (TPSA) is 58.5 Å². The van der Waals surface area contributed by atoms with Crippen LogP contribution in [0, 0.1) is 6.92 Å². The van der Waals surface area contributed by atoms with E-state index in [0.29, 0.717) is 0 Å². The summed E-state index contributed by atoms with van der Waals surface area (Å²) in [6.07, 6.45) is 4.66. The SMILES string of the molecule is CN=C(NCCc1ccncc1C)N[C@@H](C)c1ccccc1OC. The molecule has 0 spiro atoms. The highest BCUT2D eigenvalue weighted by molar-refractivity contribution is 5.80. The maximum atomic E-state index is 5.43. The summed E-state index contributed by atoms with van der Waals surface area (Å²) in [6, 6.07) is 10.2. The second-order valence-electron chi connectivity index (χ2n) is 5.66. The zero-order valence-electron chi connectivity index (χ0n) is 14.8. The maximum absolute atomic E-state index is 5.43. The van der Waals surface area contributed by atoms with Crippen LogP contribution in [-0.2, 0) is 6.42 Å². The average molecular weight is 326 g/mol. The fraction of sp³-hybridized carbons (Fsp3) is 0.368. The number of ether oxygens (including phenoxy) is 1. The normalized spacial score (nSPS) is 12.6. The summed E-state index contributed by atoms with van der Waals surface area (Å²) in [5, 5.41) is 6.77. The number of methoxy groups -OCH3 is 1. The molecule has 5 nitrogen and oxygen atoms in total. The first kappa shape index (κ1) is 17.8. The van der Waals surface area contributed by atoms with Crippen molar-refractivity contribution in [2.75, 3.05) is 20.7 Å². The summed E-state index contributed by atoms with van der Waals surface area (Å²) in [5.41, 5.74) is 3.61. The fourth-order valence-electron chi connectivity index (χ4n) is 2.60. The van der Waals surface area contributed by atoms with E-state index in [2.05, 4.69) is 46.6 Å². The molecule has 0 aliphatic rings. The second-order valence-corrected chi connectivity index (χ2v) is 5.66. The highest BCUT2D eigenvalue weighted by Crippen LogP contribution is 2.24. The number of para-hydroxylation sites is 1. The molecule has 1 aromatic heterocycles. The molecule has 0 unspecified atom stereocenters. The lowest BCUT2D eigenvalue weighted by molar-refractivity contribution is 0.405. The third-order valence-electron chi connectivity index (χ3n) is 4.01. The Kier molecular flexibility index (Phi) is 6.61. The molecule has 0 bridgehead atoms. The van der Waals surface area contributed by atoms with E-state index in [1.807, 2.05) is 30.6 Å². The molecule has 24 heavy (non-hydrogen) atoms. The molecule has 0 aliphatic carbocycles. The molecule has 1 aromatic carbocycles. The minimum atomic E-state index is 0.0926. The number of rotatable bonds is 6. The molecule has 0 saturated heterocycles. The number of guanidine groups is 1. The molecule has 0 fully saturated rings. The minimum absolute atomic E-state index is 0.0926. The lowest BCUT2D eigenvalue weighted by Gasteiger charge is -2.20. The Labute approximate surface area is 144 Å². The molecule has 2 aromatic rings. The van der Waals surface area contributed by atoms with Crippen LogP contribution in [0.3, 0.4) is 0 Å². The van der Waals surface area contributed by atoms with Crippen LogP contribution in [0.2, 0.25) is 0 Å². The molecule has 0 aliphatic heterocycles. The minimum Gasteiger partial charge on any atom is -0.496 e. The number of aliphatic imine (C=N–C) groups is 1. The maximum Gasteiger partial charge on any atom is 0.191 e. The zero-order chi connectivity index (χ0) is 17.4. The van der Waals surface area contributed by atoms with E-state index in [0.717, 1.165) is 30.2 Å². The first-order valence-electron chi connectivity index (χ1n) is 8.15. The molecule has 0 amide bonds. The molecule has 1 heterocycles. The van der Waals surface area contributed by atoms with Crippen molar-refractivity contribution in [2.45, 2.75) is 26.3 Å². The van der Waals surface area contributed by atoms with Gasteiger partial charge in [-0.2, -0.15) is 0 Å². The van der Waals surface area contributed by atoms with Gasteiger partial charge < -0.3 is 15.4 Å². The quantitative estimate of drug-likeness (QED) is 0.633. The Hall–Kier alpha value is -2.56. The van der Waals surface area contributed by atoms with E-state index in [1.165, 1.54) is 11.1 Å². The van der Waals surface area contributed by atoms with Crippen LogP contribution in [0.1, 0.15) is 29.7 Å². The van der Waals surface area contributed by atoms with Crippen molar-refractivity contribution in [3.05, 3.63) is 59.4 Å². The number of pyridine rings is 1. The number of nitrogens with zero attached hydrogens (tertiary/aromatic N) is 2. The van der Waals surface area contributed by atoms with Crippen molar-refractivity contribution in [3.63, 3.8) is 0 Å². The number of aromatic nitrogens is 1. The Morgan fingerprint density at radius 3 is 2.79 bits per heavy atom. The Morgan fingerprint density at radius 2 is 2.08 bits per heavy atom. The second kappa shape index (κ2) is 8.91. The number of aryl methyl sites for hydroxylation is 1. The Bertz CT molecular complexity index is 685. The van der Waals surface area contributed by atoms with Crippen LogP contribution in [0.5, 0.6) is 5.75 Å². The summed E-state index contributed by atoms with van der Waals surface area (Å²) in [4.78, 5) is 8.43. The first-order valence-corrected chi connectivity index (χ1v) is 8.15. The standard InChI is InChI=1S/C19H26N4O/c1-14-13-21-11-9-16(14)10-12-22-19(20-3)23-15(2)17-7-5-6-8-18(17)24-4/h5-9,11,13,15H,10,12H2,1-4H3,(H2,20,22,23)/t15-/m0/s1. The molecular formula is C19H26N4O. The van der Waals surface area contributed by atoms with Crippen LogP contribution in [0.25, 0.3) is 0 Å². The van der Waals surface area contributed by atoms with Crippen molar-refractivity contribution in [1.29, 1.82) is 0 Å². The van der Waals surface area contributed by atoms with Crippen molar-refractivity contribution in [2.24, 2.45) is 4.99 Å². The third kappa shape index (κ3) is 4.72. The summed E-state index contributed by atoms with van der Waals surface area (Å²) in [7, 11) is 3.47. The number of nitrogens with one attached hydrogen (secondary N) is 2. The number of benzene rings is 1. The van der Waals surface area contributed by atoms with E-state index in [9.17, 15) is 0 Å². The van der Waals surface area contributed by atoms with Crippen LogP contribution in [0.15, 0.2) is 47.7 Å². The highest BCUT2D eigenvalue weighted by Gasteiger charge is 2.12. The molecule has 0 saturated carbocycles. The van der Waals surface area contributed by atoms with Gasteiger partial charge in [-0.05, 0) is 43.5 Å².